The van der Waals surface area contributed by atoms with Crippen molar-refractivity contribution in [2.75, 3.05) is 7.11 Å². The molecular weight excluding hydrogens is 522 g/mol. The van der Waals surface area contributed by atoms with Crippen molar-refractivity contribution in [2.45, 2.75) is 51.7 Å². The van der Waals surface area contributed by atoms with Crippen LogP contribution in [0.5, 0.6) is 23.0 Å². The molecule has 3 aromatic rings. The molecule has 1 aliphatic heterocycles. The Morgan fingerprint density at radius 2 is 1.56 bits per heavy atom. The highest BCUT2D eigenvalue weighted by Crippen LogP contribution is 2.55. The normalized spacial score (nSPS) is 23.1. The summed E-state index contributed by atoms with van der Waals surface area (Å²) >= 11 is 0. The molecule has 1 aliphatic carbocycles. The smallest absolute Gasteiger partial charge is 0.269 e. The van der Waals surface area contributed by atoms with Gasteiger partial charge in [0.15, 0.2) is 11.5 Å². The molecule has 1 unspecified atom stereocenters. The molecule has 3 N–H and O–H groups in total. The molecule has 1 saturated carbocycles. The highest BCUT2D eigenvalue weighted by molar-refractivity contribution is 5.79. The van der Waals surface area contributed by atoms with Gasteiger partial charge in [-0.25, -0.2) is 0 Å². The Bertz CT molecular complexity index is 1520. The molecule has 2 aliphatic rings. The Morgan fingerprint density at radius 3 is 2.17 bits per heavy atom. The van der Waals surface area contributed by atoms with E-state index in [0.29, 0.717) is 23.3 Å². The number of benzene rings is 3. The Labute approximate surface area is 239 Å². The minimum atomic E-state index is -0.469. The van der Waals surface area contributed by atoms with Gasteiger partial charge in [0.1, 0.15) is 17.1 Å². The molecule has 1 heterocycles. The van der Waals surface area contributed by atoms with Crippen LogP contribution in [0.4, 0.5) is 5.69 Å². The molecule has 214 valence electrons. The van der Waals surface area contributed by atoms with Crippen molar-refractivity contribution in [3.63, 3.8) is 0 Å². The van der Waals surface area contributed by atoms with Gasteiger partial charge in [0, 0.05) is 18.1 Å². The average Bonchev–Trinajstić information content (AvgIpc) is 2.93. The van der Waals surface area contributed by atoms with Gasteiger partial charge in [-0.05, 0) is 96.3 Å². The molecular formula is C33H35NO7. The molecule has 0 spiro atoms. The summed E-state index contributed by atoms with van der Waals surface area (Å²) in [6.07, 6.45) is 8.75. The van der Waals surface area contributed by atoms with E-state index in [2.05, 4.69) is 26.8 Å². The van der Waals surface area contributed by atoms with Crippen molar-refractivity contribution in [1.82, 2.24) is 0 Å². The lowest BCUT2D eigenvalue weighted by molar-refractivity contribution is -0.384. The highest BCUT2D eigenvalue weighted by atomic mass is 16.6. The number of phenolic OH excluding ortho intramolecular Hbond substituents is 2. The van der Waals surface area contributed by atoms with E-state index in [4.69, 9.17) is 9.47 Å². The van der Waals surface area contributed by atoms with Crippen LogP contribution in [0.15, 0.2) is 48.5 Å². The SMILES string of the molecule is COc1cc(/C=C/c2cc(O)c(/C=C/c3ccc([N+](=O)[O-])cc3)c(O)c2)cc2c1O[C@]1(C)CC[C@@H](O)C(C)(C)C1C2. The number of nitro benzene ring substituents is 1. The lowest BCUT2D eigenvalue weighted by Gasteiger charge is -2.55. The number of nitrogens with zero attached hydrogens (tertiary/aromatic N) is 1. The third-order valence-electron chi connectivity index (χ3n) is 8.71. The topological polar surface area (TPSA) is 122 Å². The van der Waals surface area contributed by atoms with E-state index in [1.54, 1.807) is 49.6 Å². The third kappa shape index (κ3) is 5.39. The van der Waals surface area contributed by atoms with Crippen molar-refractivity contribution in [3.05, 3.63) is 86.5 Å². The Morgan fingerprint density at radius 1 is 0.951 bits per heavy atom. The molecule has 3 aromatic carbocycles. The van der Waals surface area contributed by atoms with Crippen LogP contribution in [-0.2, 0) is 6.42 Å². The summed E-state index contributed by atoms with van der Waals surface area (Å²) in [6, 6.07) is 13.1. The fourth-order valence-corrected chi connectivity index (χ4v) is 6.23. The van der Waals surface area contributed by atoms with Gasteiger partial charge in [-0.15, -0.1) is 0 Å². The number of fused-ring (bicyclic) bond motifs is 2. The lowest BCUT2D eigenvalue weighted by atomic mass is 9.57. The Balaban J connectivity index is 1.39. The number of aliphatic hydroxyl groups is 1. The van der Waals surface area contributed by atoms with Crippen molar-refractivity contribution in [3.8, 4) is 23.0 Å². The number of aromatic hydroxyl groups is 2. The number of hydrogen-bond donors (Lipinski definition) is 3. The zero-order valence-electron chi connectivity index (χ0n) is 23.6. The van der Waals surface area contributed by atoms with Crippen LogP contribution in [0.1, 0.15) is 61.4 Å². The monoisotopic (exact) mass is 557 g/mol. The van der Waals surface area contributed by atoms with Gasteiger partial charge in [0.25, 0.3) is 5.69 Å². The maximum absolute atomic E-state index is 10.8. The van der Waals surface area contributed by atoms with E-state index in [9.17, 15) is 25.4 Å². The Kier molecular flexibility index (Phi) is 7.30. The number of methoxy groups -OCH3 is 1. The second-order valence-electron chi connectivity index (χ2n) is 11.7. The molecule has 0 bridgehead atoms. The van der Waals surface area contributed by atoms with Crippen molar-refractivity contribution in [2.24, 2.45) is 11.3 Å². The molecule has 0 radical (unpaired) electrons. The molecule has 5 rings (SSSR count). The number of nitro groups is 1. The molecule has 1 fully saturated rings. The Hall–Kier alpha value is -4.30. The second kappa shape index (κ2) is 10.6. The first-order chi connectivity index (χ1) is 19.4. The molecule has 41 heavy (non-hydrogen) atoms. The van der Waals surface area contributed by atoms with Gasteiger partial charge >= 0.3 is 0 Å². The third-order valence-corrected chi connectivity index (χ3v) is 8.71. The fourth-order valence-electron chi connectivity index (χ4n) is 6.23. The predicted octanol–water partition coefficient (Wildman–Crippen LogP) is 6.85. The number of non-ortho nitro benzene ring substituents is 1. The minimum absolute atomic E-state index is 0.0110. The van der Waals surface area contributed by atoms with Crippen LogP contribution in [-0.4, -0.2) is 39.1 Å². The lowest BCUT2D eigenvalue weighted by Crippen LogP contribution is -2.58. The zero-order chi connectivity index (χ0) is 29.5. The second-order valence-corrected chi connectivity index (χ2v) is 11.7. The van der Waals surface area contributed by atoms with Crippen LogP contribution in [0.3, 0.4) is 0 Å². The first-order valence-corrected chi connectivity index (χ1v) is 13.7. The largest absolute Gasteiger partial charge is 0.507 e. The molecule has 8 nitrogen and oxygen atoms in total. The molecule has 0 aromatic heterocycles. The molecule has 8 heteroatoms. The quantitative estimate of drug-likeness (QED) is 0.172. The number of phenols is 2. The zero-order valence-corrected chi connectivity index (χ0v) is 23.6. The van der Waals surface area contributed by atoms with Crippen LogP contribution in [0.25, 0.3) is 24.3 Å². The van der Waals surface area contributed by atoms with E-state index >= 15 is 0 Å². The number of aliphatic hydroxyl groups excluding tert-OH is 1. The molecule has 0 amide bonds. The minimum Gasteiger partial charge on any atom is -0.507 e. The van der Waals surface area contributed by atoms with E-state index < -0.39 is 4.92 Å². The summed E-state index contributed by atoms with van der Waals surface area (Å²) in [4.78, 5) is 10.4. The standard InChI is InChI=1S/C33H35NO7/c1-32(2)29-19-23-15-21(18-28(40-4)31(23)41-33(29,3)14-13-30(32)37)5-6-22-16-26(35)25(27(36)17-22)12-9-20-7-10-24(11-8-20)34(38)39/h5-12,15-18,29-30,35-37H,13-14,19H2,1-4H3/b6-5+,12-9+/t29?,30-,33-/m1/s1. The number of hydrogen-bond acceptors (Lipinski definition) is 7. The van der Waals surface area contributed by atoms with Crippen LogP contribution in [0, 0.1) is 21.4 Å². The van der Waals surface area contributed by atoms with Gasteiger partial charge in [0.05, 0.1) is 23.7 Å². The van der Waals surface area contributed by atoms with E-state index in [0.717, 1.165) is 29.7 Å². The summed E-state index contributed by atoms with van der Waals surface area (Å²) in [5.41, 5.74) is 2.74. The maximum atomic E-state index is 10.8. The first-order valence-electron chi connectivity index (χ1n) is 13.7. The van der Waals surface area contributed by atoms with E-state index in [1.165, 1.54) is 12.1 Å². The van der Waals surface area contributed by atoms with Gasteiger partial charge in [-0.3, -0.25) is 10.1 Å². The fraction of sp³-hybridized carbons (Fsp3) is 0.333. The molecule has 0 saturated heterocycles. The summed E-state index contributed by atoms with van der Waals surface area (Å²) in [5.74, 6) is 1.32. The van der Waals surface area contributed by atoms with E-state index in [1.807, 2.05) is 12.1 Å². The average molecular weight is 558 g/mol. The summed E-state index contributed by atoms with van der Waals surface area (Å²) < 4.78 is 12.3. The van der Waals surface area contributed by atoms with Crippen molar-refractivity contribution >= 4 is 30.0 Å². The van der Waals surface area contributed by atoms with Gasteiger partial charge in [0.2, 0.25) is 0 Å². The van der Waals surface area contributed by atoms with Gasteiger partial charge < -0.3 is 24.8 Å². The van der Waals surface area contributed by atoms with Crippen molar-refractivity contribution in [1.29, 1.82) is 0 Å². The van der Waals surface area contributed by atoms with Gasteiger partial charge in [-0.2, -0.15) is 0 Å². The van der Waals surface area contributed by atoms with Crippen molar-refractivity contribution < 1.29 is 29.7 Å². The van der Waals surface area contributed by atoms with Crippen LogP contribution >= 0.6 is 0 Å². The summed E-state index contributed by atoms with van der Waals surface area (Å²) in [5, 5.41) is 42.8. The summed E-state index contributed by atoms with van der Waals surface area (Å²) in [7, 11) is 1.62. The molecule has 3 atom stereocenters. The van der Waals surface area contributed by atoms with Crippen LogP contribution < -0.4 is 9.47 Å². The highest BCUT2D eigenvalue weighted by Gasteiger charge is 2.54. The van der Waals surface area contributed by atoms with Crippen LogP contribution in [0.2, 0.25) is 0 Å². The predicted molar refractivity (Wildman–Crippen MR) is 159 cm³/mol. The number of rotatable bonds is 6. The first kappa shape index (κ1) is 28.2. The summed E-state index contributed by atoms with van der Waals surface area (Å²) in [6.45, 7) is 6.35. The van der Waals surface area contributed by atoms with E-state index in [-0.39, 0.29) is 45.8 Å². The van der Waals surface area contributed by atoms with Gasteiger partial charge in [-0.1, -0.05) is 32.1 Å². The number of ether oxygens (including phenoxy) is 2. The maximum Gasteiger partial charge on any atom is 0.269 e.